The second kappa shape index (κ2) is 2.49. The fourth-order valence-corrected chi connectivity index (χ4v) is 0.975. The van der Waals surface area contributed by atoms with E-state index in [1.54, 1.807) is 0 Å². The van der Waals surface area contributed by atoms with Gasteiger partial charge in [-0.15, -0.1) is 0 Å². The molecule has 1 aliphatic heterocycles. The molecule has 1 unspecified atom stereocenters. The Labute approximate surface area is 61.5 Å². The van der Waals surface area contributed by atoms with Gasteiger partial charge in [-0.1, -0.05) is 0 Å². The maximum absolute atomic E-state index is 5.61. The van der Waals surface area contributed by atoms with Gasteiger partial charge in [0, 0.05) is 6.04 Å². The van der Waals surface area contributed by atoms with Crippen molar-refractivity contribution in [1.29, 1.82) is 0 Å². The van der Waals surface area contributed by atoms with Crippen LogP contribution in [0.4, 0.5) is 0 Å². The first kappa shape index (κ1) is 7.98. The molecule has 0 radical (unpaired) electrons. The molecule has 2 N–H and O–H groups in total. The Balaban J connectivity index is 2.43. The van der Waals surface area contributed by atoms with E-state index in [1.807, 2.05) is 20.8 Å². The summed E-state index contributed by atoms with van der Waals surface area (Å²) in [5.41, 5.74) is 5.61. The molecule has 1 heterocycles. The molecule has 0 aliphatic carbocycles. The summed E-state index contributed by atoms with van der Waals surface area (Å²) in [5.74, 6) is -0.432. The normalized spacial score (nSPS) is 34.2. The summed E-state index contributed by atoms with van der Waals surface area (Å²) in [5, 5.41) is 0. The van der Waals surface area contributed by atoms with Gasteiger partial charge in [0.1, 0.15) is 0 Å². The van der Waals surface area contributed by atoms with Crippen molar-refractivity contribution in [2.75, 3.05) is 6.61 Å². The average molecular weight is 145 g/mol. The van der Waals surface area contributed by atoms with Crippen molar-refractivity contribution in [3.63, 3.8) is 0 Å². The molecule has 0 aromatic carbocycles. The third kappa shape index (κ3) is 1.68. The van der Waals surface area contributed by atoms with Gasteiger partial charge in [0.15, 0.2) is 5.79 Å². The maximum atomic E-state index is 5.61. The first-order chi connectivity index (χ1) is 4.51. The number of hydrogen-bond acceptors (Lipinski definition) is 3. The molecular weight excluding hydrogens is 130 g/mol. The second-order valence-corrected chi connectivity index (χ2v) is 3.23. The Hall–Kier alpha value is -0.120. The predicted molar refractivity (Wildman–Crippen MR) is 38.6 cm³/mol. The Kier molecular flexibility index (Phi) is 1.99. The van der Waals surface area contributed by atoms with E-state index in [0.29, 0.717) is 6.61 Å². The van der Waals surface area contributed by atoms with Gasteiger partial charge in [-0.3, -0.25) is 0 Å². The fraction of sp³-hybridized carbons (Fsp3) is 1.00. The first-order valence-corrected chi connectivity index (χ1v) is 3.58. The largest absolute Gasteiger partial charge is 0.348 e. The molecule has 0 amide bonds. The van der Waals surface area contributed by atoms with Crippen LogP contribution in [0.5, 0.6) is 0 Å². The first-order valence-electron chi connectivity index (χ1n) is 3.58. The van der Waals surface area contributed by atoms with E-state index in [-0.39, 0.29) is 12.1 Å². The van der Waals surface area contributed by atoms with Gasteiger partial charge in [0.2, 0.25) is 0 Å². The van der Waals surface area contributed by atoms with Gasteiger partial charge in [0.05, 0.1) is 12.7 Å². The van der Waals surface area contributed by atoms with Gasteiger partial charge >= 0.3 is 0 Å². The van der Waals surface area contributed by atoms with Crippen LogP contribution in [-0.4, -0.2) is 24.5 Å². The quantitative estimate of drug-likeness (QED) is 0.584. The van der Waals surface area contributed by atoms with Crippen molar-refractivity contribution in [3.8, 4) is 0 Å². The van der Waals surface area contributed by atoms with E-state index in [1.165, 1.54) is 0 Å². The molecule has 1 fully saturated rings. The summed E-state index contributed by atoms with van der Waals surface area (Å²) in [7, 11) is 0. The Morgan fingerprint density at radius 2 is 2.20 bits per heavy atom. The zero-order valence-electron chi connectivity index (χ0n) is 6.76. The minimum absolute atomic E-state index is 0.0572. The maximum Gasteiger partial charge on any atom is 0.163 e. The highest BCUT2D eigenvalue weighted by Gasteiger charge is 2.34. The van der Waals surface area contributed by atoms with Crippen molar-refractivity contribution in [1.82, 2.24) is 0 Å². The average Bonchev–Trinajstić information content (AvgIpc) is 2.10. The molecule has 0 spiro atoms. The number of hydrogen-bond donors (Lipinski definition) is 1. The summed E-state index contributed by atoms with van der Waals surface area (Å²) in [6.07, 6.45) is 0.0648. The van der Waals surface area contributed by atoms with Gasteiger partial charge in [-0.05, 0) is 20.8 Å². The third-order valence-corrected chi connectivity index (χ3v) is 1.62. The van der Waals surface area contributed by atoms with E-state index >= 15 is 0 Å². The van der Waals surface area contributed by atoms with Crippen LogP contribution < -0.4 is 5.73 Å². The van der Waals surface area contributed by atoms with Crippen LogP contribution in [0, 0.1) is 0 Å². The number of ether oxygens (including phenoxy) is 2. The Bertz CT molecular complexity index is 123. The monoisotopic (exact) mass is 145 g/mol. The summed E-state index contributed by atoms with van der Waals surface area (Å²) in [6, 6.07) is 0.0572. The van der Waals surface area contributed by atoms with Crippen LogP contribution in [0.1, 0.15) is 20.8 Å². The summed E-state index contributed by atoms with van der Waals surface area (Å²) < 4.78 is 10.8. The third-order valence-electron chi connectivity index (χ3n) is 1.62. The van der Waals surface area contributed by atoms with Crippen molar-refractivity contribution >= 4 is 0 Å². The molecule has 3 heteroatoms. The smallest absolute Gasteiger partial charge is 0.163 e. The lowest BCUT2D eigenvalue weighted by Crippen LogP contribution is -2.34. The number of nitrogens with two attached hydrogens (primary N) is 1. The van der Waals surface area contributed by atoms with Crippen molar-refractivity contribution in [2.45, 2.75) is 38.7 Å². The molecule has 0 aromatic rings. The molecule has 3 nitrogen and oxygen atoms in total. The zero-order chi connectivity index (χ0) is 7.78. The van der Waals surface area contributed by atoms with Crippen LogP contribution in [0.3, 0.4) is 0 Å². The molecule has 0 aromatic heterocycles. The SMILES string of the molecule is C[C@@H](N)C1COC(C)(C)O1. The van der Waals surface area contributed by atoms with Gasteiger partial charge in [-0.25, -0.2) is 0 Å². The molecule has 1 saturated heterocycles. The lowest BCUT2D eigenvalue weighted by molar-refractivity contribution is -0.140. The highest BCUT2D eigenvalue weighted by Crippen LogP contribution is 2.23. The van der Waals surface area contributed by atoms with E-state index in [0.717, 1.165) is 0 Å². The highest BCUT2D eigenvalue weighted by molar-refractivity contribution is 4.76. The van der Waals surface area contributed by atoms with E-state index in [4.69, 9.17) is 15.2 Å². The van der Waals surface area contributed by atoms with Crippen LogP contribution in [-0.2, 0) is 9.47 Å². The number of rotatable bonds is 1. The summed E-state index contributed by atoms with van der Waals surface area (Å²) >= 11 is 0. The molecular formula is C7H15NO2. The van der Waals surface area contributed by atoms with Crippen LogP contribution in [0.25, 0.3) is 0 Å². The lowest BCUT2D eigenvalue weighted by Gasteiger charge is -2.18. The zero-order valence-corrected chi connectivity index (χ0v) is 6.76. The Morgan fingerprint density at radius 1 is 1.60 bits per heavy atom. The highest BCUT2D eigenvalue weighted by atomic mass is 16.7. The molecule has 1 aliphatic rings. The van der Waals surface area contributed by atoms with E-state index in [9.17, 15) is 0 Å². The minimum Gasteiger partial charge on any atom is -0.348 e. The Morgan fingerprint density at radius 3 is 2.40 bits per heavy atom. The lowest BCUT2D eigenvalue weighted by atomic mass is 10.2. The molecule has 1 rings (SSSR count). The molecule has 10 heavy (non-hydrogen) atoms. The minimum atomic E-state index is -0.432. The molecule has 0 saturated carbocycles. The van der Waals surface area contributed by atoms with Gasteiger partial charge in [0.25, 0.3) is 0 Å². The topological polar surface area (TPSA) is 44.5 Å². The predicted octanol–water partition coefficient (Wildman–Crippen LogP) is 0.485. The van der Waals surface area contributed by atoms with Crippen molar-refractivity contribution < 1.29 is 9.47 Å². The van der Waals surface area contributed by atoms with Crippen molar-refractivity contribution in [2.24, 2.45) is 5.73 Å². The molecule has 60 valence electrons. The second-order valence-electron chi connectivity index (χ2n) is 3.23. The molecule has 0 bridgehead atoms. The van der Waals surface area contributed by atoms with Crippen molar-refractivity contribution in [3.05, 3.63) is 0 Å². The summed E-state index contributed by atoms with van der Waals surface area (Å²) in [4.78, 5) is 0. The van der Waals surface area contributed by atoms with Gasteiger partial charge < -0.3 is 15.2 Å². The fourth-order valence-electron chi connectivity index (χ4n) is 0.975. The van der Waals surface area contributed by atoms with Crippen LogP contribution in [0.15, 0.2) is 0 Å². The standard InChI is InChI=1S/C7H15NO2/c1-5(8)6-4-9-7(2,3)10-6/h5-6H,4,8H2,1-3H3/t5-,6?/m1/s1. The van der Waals surface area contributed by atoms with E-state index < -0.39 is 5.79 Å². The van der Waals surface area contributed by atoms with Crippen LogP contribution >= 0.6 is 0 Å². The molecule has 2 atom stereocenters. The van der Waals surface area contributed by atoms with Gasteiger partial charge in [-0.2, -0.15) is 0 Å². The van der Waals surface area contributed by atoms with Crippen LogP contribution in [0.2, 0.25) is 0 Å². The van der Waals surface area contributed by atoms with E-state index in [2.05, 4.69) is 0 Å². The summed E-state index contributed by atoms with van der Waals surface area (Å²) in [6.45, 7) is 6.34.